The van der Waals surface area contributed by atoms with Crippen molar-refractivity contribution in [2.45, 2.75) is 6.92 Å². The smallest absolute Gasteiger partial charge is 0.269 e. The summed E-state index contributed by atoms with van der Waals surface area (Å²) < 4.78 is 19.5. The van der Waals surface area contributed by atoms with Crippen molar-refractivity contribution >= 4 is 17.4 Å². The Morgan fingerprint density at radius 1 is 1.23 bits per heavy atom. The molecule has 0 radical (unpaired) electrons. The van der Waals surface area contributed by atoms with Crippen LogP contribution in [-0.4, -0.2) is 23.9 Å². The van der Waals surface area contributed by atoms with E-state index in [1.807, 2.05) is 0 Å². The first-order valence-corrected chi connectivity index (χ1v) is 7.47. The lowest BCUT2D eigenvalue weighted by Crippen LogP contribution is -2.16. The van der Waals surface area contributed by atoms with Gasteiger partial charge in [0.15, 0.2) is 11.4 Å². The van der Waals surface area contributed by atoms with Crippen molar-refractivity contribution in [3.63, 3.8) is 0 Å². The second-order valence-corrected chi connectivity index (χ2v) is 5.25. The van der Waals surface area contributed by atoms with Crippen molar-refractivity contribution in [1.29, 1.82) is 5.26 Å². The van der Waals surface area contributed by atoms with Crippen molar-refractivity contribution in [3.8, 4) is 11.8 Å². The SMILES string of the molecule is COc1cc(NC(=O)/C(C#N)=C(/C)O)c(F)cc1C(=O)c1ccccc1. The first kappa shape index (κ1) is 18.7. The van der Waals surface area contributed by atoms with Crippen molar-refractivity contribution in [3.05, 3.63) is 70.7 Å². The molecule has 26 heavy (non-hydrogen) atoms. The fraction of sp³-hybridized carbons (Fsp3) is 0.105. The average Bonchev–Trinajstić information content (AvgIpc) is 2.63. The number of anilines is 1. The molecule has 0 unspecified atom stereocenters. The number of amides is 1. The van der Waals surface area contributed by atoms with Crippen LogP contribution in [0.25, 0.3) is 0 Å². The fourth-order valence-corrected chi connectivity index (χ4v) is 2.22. The second-order valence-electron chi connectivity index (χ2n) is 5.25. The molecule has 0 atom stereocenters. The normalized spacial score (nSPS) is 11.2. The molecule has 0 aliphatic carbocycles. The maximum atomic E-state index is 14.4. The number of rotatable bonds is 5. The summed E-state index contributed by atoms with van der Waals surface area (Å²) in [6, 6.07) is 11.9. The predicted molar refractivity (Wildman–Crippen MR) is 92.4 cm³/mol. The van der Waals surface area contributed by atoms with Crippen LogP contribution in [0.3, 0.4) is 0 Å². The van der Waals surface area contributed by atoms with Gasteiger partial charge in [0, 0.05) is 11.6 Å². The number of ketones is 1. The zero-order chi connectivity index (χ0) is 19.3. The highest BCUT2D eigenvalue weighted by Gasteiger charge is 2.20. The number of nitrogens with zero attached hydrogens (tertiary/aromatic N) is 1. The van der Waals surface area contributed by atoms with Crippen LogP contribution in [0.5, 0.6) is 5.75 Å². The highest BCUT2D eigenvalue weighted by molar-refractivity contribution is 6.11. The largest absolute Gasteiger partial charge is 0.511 e. The van der Waals surface area contributed by atoms with E-state index >= 15 is 0 Å². The van der Waals surface area contributed by atoms with Gasteiger partial charge in [-0.25, -0.2) is 4.39 Å². The molecule has 0 spiro atoms. The molecule has 0 aliphatic rings. The second kappa shape index (κ2) is 7.94. The topological polar surface area (TPSA) is 99.4 Å². The molecule has 2 aromatic carbocycles. The van der Waals surface area contributed by atoms with E-state index in [2.05, 4.69) is 5.32 Å². The number of halogens is 1. The Labute approximate surface area is 149 Å². The van der Waals surface area contributed by atoms with Gasteiger partial charge in [0.25, 0.3) is 5.91 Å². The number of aliphatic hydroxyl groups is 1. The van der Waals surface area contributed by atoms with Gasteiger partial charge in [-0.2, -0.15) is 5.26 Å². The third kappa shape index (κ3) is 3.87. The molecule has 6 nitrogen and oxygen atoms in total. The molecular weight excluding hydrogens is 339 g/mol. The van der Waals surface area contributed by atoms with Crippen LogP contribution in [-0.2, 0) is 4.79 Å². The Morgan fingerprint density at radius 2 is 1.88 bits per heavy atom. The number of aliphatic hydroxyl groups excluding tert-OH is 1. The number of nitrogens with one attached hydrogen (secondary N) is 1. The number of hydrogen-bond acceptors (Lipinski definition) is 5. The maximum Gasteiger partial charge on any atom is 0.269 e. The van der Waals surface area contributed by atoms with Gasteiger partial charge in [0.1, 0.15) is 23.4 Å². The third-order valence-corrected chi connectivity index (χ3v) is 3.52. The maximum absolute atomic E-state index is 14.4. The zero-order valence-corrected chi connectivity index (χ0v) is 14.0. The predicted octanol–water partition coefficient (Wildman–Crippen LogP) is 3.36. The van der Waals surface area contributed by atoms with E-state index in [0.29, 0.717) is 5.56 Å². The molecule has 7 heteroatoms. The van der Waals surface area contributed by atoms with Gasteiger partial charge in [-0.3, -0.25) is 9.59 Å². The molecule has 2 aromatic rings. The lowest BCUT2D eigenvalue weighted by Gasteiger charge is -2.12. The van der Waals surface area contributed by atoms with Crippen molar-refractivity contribution in [2.24, 2.45) is 0 Å². The molecule has 132 valence electrons. The van der Waals surface area contributed by atoms with E-state index in [4.69, 9.17) is 10.00 Å². The molecule has 0 saturated heterocycles. The zero-order valence-electron chi connectivity index (χ0n) is 14.0. The molecular formula is C19H15FN2O4. The summed E-state index contributed by atoms with van der Waals surface area (Å²) in [7, 11) is 1.30. The molecule has 0 aromatic heterocycles. The molecule has 0 fully saturated rings. The number of carbonyl (C=O) groups excluding carboxylic acids is 2. The van der Waals surface area contributed by atoms with Gasteiger partial charge in [-0.15, -0.1) is 0 Å². The average molecular weight is 354 g/mol. The first-order chi connectivity index (χ1) is 12.4. The Balaban J connectivity index is 2.42. The molecule has 0 bridgehead atoms. The quantitative estimate of drug-likeness (QED) is 0.371. The van der Waals surface area contributed by atoms with Gasteiger partial charge in [0.05, 0.1) is 18.4 Å². The van der Waals surface area contributed by atoms with E-state index < -0.39 is 28.8 Å². The van der Waals surface area contributed by atoms with Gasteiger partial charge in [-0.1, -0.05) is 30.3 Å². The van der Waals surface area contributed by atoms with E-state index in [1.165, 1.54) is 13.2 Å². The summed E-state index contributed by atoms with van der Waals surface area (Å²) in [5.41, 5.74) is -0.491. The fourth-order valence-electron chi connectivity index (χ4n) is 2.22. The lowest BCUT2D eigenvalue weighted by molar-refractivity contribution is -0.112. The number of allylic oxidation sites excluding steroid dienone is 1. The van der Waals surface area contributed by atoms with Gasteiger partial charge < -0.3 is 15.2 Å². The molecule has 0 aliphatic heterocycles. The number of hydrogen-bond donors (Lipinski definition) is 2. The van der Waals surface area contributed by atoms with Crippen molar-refractivity contribution in [2.75, 3.05) is 12.4 Å². The summed E-state index contributed by atoms with van der Waals surface area (Å²) in [6.45, 7) is 1.16. The molecule has 0 heterocycles. The minimum atomic E-state index is -0.976. The van der Waals surface area contributed by atoms with Gasteiger partial charge in [0.2, 0.25) is 0 Å². The van der Waals surface area contributed by atoms with E-state index in [1.54, 1.807) is 30.3 Å². The number of benzene rings is 2. The Morgan fingerprint density at radius 3 is 2.42 bits per heavy atom. The Hall–Kier alpha value is -3.66. The van der Waals surface area contributed by atoms with E-state index in [-0.39, 0.29) is 17.0 Å². The van der Waals surface area contributed by atoms with Crippen LogP contribution < -0.4 is 10.1 Å². The summed E-state index contributed by atoms with van der Waals surface area (Å²) in [5.74, 6) is -2.74. The number of nitriles is 1. The Bertz CT molecular complexity index is 927. The van der Waals surface area contributed by atoms with E-state index in [9.17, 15) is 19.1 Å². The lowest BCUT2D eigenvalue weighted by atomic mass is 10.0. The summed E-state index contributed by atoms with van der Waals surface area (Å²) >= 11 is 0. The summed E-state index contributed by atoms with van der Waals surface area (Å²) in [5, 5.41) is 20.4. The minimum absolute atomic E-state index is 0.0106. The van der Waals surface area contributed by atoms with Gasteiger partial charge >= 0.3 is 0 Å². The molecule has 2 N–H and O–H groups in total. The minimum Gasteiger partial charge on any atom is -0.511 e. The highest BCUT2D eigenvalue weighted by atomic mass is 19.1. The van der Waals surface area contributed by atoms with Crippen LogP contribution in [0.1, 0.15) is 22.8 Å². The Kier molecular flexibility index (Phi) is 5.71. The number of ether oxygens (including phenoxy) is 1. The highest BCUT2D eigenvalue weighted by Crippen LogP contribution is 2.29. The van der Waals surface area contributed by atoms with Crippen molar-refractivity contribution < 1.29 is 23.8 Å². The molecule has 2 rings (SSSR count). The van der Waals surface area contributed by atoms with Crippen molar-refractivity contribution in [1.82, 2.24) is 0 Å². The van der Waals surface area contributed by atoms with E-state index in [0.717, 1.165) is 19.1 Å². The van der Waals surface area contributed by atoms with Gasteiger partial charge in [-0.05, 0) is 13.0 Å². The summed E-state index contributed by atoms with van der Waals surface area (Å²) in [6.07, 6.45) is 0. The van der Waals surface area contributed by atoms with Crippen LogP contribution in [0.2, 0.25) is 0 Å². The third-order valence-electron chi connectivity index (χ3n) is 3.52. The number of methoxy groups -OCH3 is 1. The van der Waals surface area contributed by atoms with Crippen LogP contribution in [0.4, 0.5) is 10.1 Å². The summed E-state index contributed by atoms with van der Waals surface area (Å²) in [4.78, 5) is 24.5. The van der Waals surface area contributed by atoms with Crippen LogP contribution in [0.15, 0.2) is 53.8 Å². The standard InChI is InChI=1S/C19H15FN2O4/c1-11(23)14(10-21)19(25)22-16-9-17(26-2)13(8-15(16)20)18(24)12-6-4-3-5-7-12/h3-9,23H,1-2H3,(H,22,25)/b14-11-. The molecule has 0 saturated carbocycles. The molecule has 1 amide bonds. The monoisotopic (exact) mass is 354 g/mol. The van der Waals surface area contributed by atoms with Crippen LogP contribution in [0, 0.1) is 17.1 Å². The van der Waals surface area contributed by atoms with Crippen LogP contribution >= 0.6 is 0 Å². The first-order valence-electron chi connectivity index (χ1n) is 7.47. The number of carbonyl (C=O) groups is 2.